The highest BCUT2D eigenvalue weighted by atomic mass is 35.5. The lowest BCUT2D eigenvalue weighted by molar-refractivity contribution is -0.137. The number of hydrogen-bond donors (Lipinski definition) is 2. The molecule has 3 nitrogen and oxygen atoms in total. The first-order chi connectivity index (χ1) is 13.4. The number of nitrogens with zero attached hydrogens (tertiary/aromatic N) is 1. The molecule has 5 rings (SSSR count). The van der Waals surface area contributed by atoms with Crippen molar-refractivity contribution in [3.63, 3.8) is 0 Å². The van der Waals surface area contributed by atoms with Gasteiger partial charge in [0, 0.05) is 43.5 Å². The van der Waals surface area contributed by atoms with Crippen molar-refractivity contribution in [1.82, 2.24) is 5.32 Å². The highest BCUT2D eigenvalue weighted by Gasteiger charge is 2.39. The minimum absolute atomic E-state index is 0.279. The Morgan fingerprint density at radius 2 is 2.00 bits per heavy atom. The third-order valence-corrected chi connectivity index (χ3v) is 6.51. The van der Waals surface area contributed by atoms with E-state index in [1.165, 1.54) is 22.9 Å². The van der Waals surface area contributed by atoms with Crippen molar-refractivity contribution in [2.45, 2.75) is 24.9 Å². The average molecular weight is 408 g/mol. The molecule has 2 aromatic rings. The summed E-state index contributed by atoms with van der Waals surface area (Å²) in [6.07, 6.45) is -2.30. The molecule has 0 aromatic heterocycles. The molecule has 0 saturated carbocycles. The Labute approximate surface area is 166 Å². The number of aryl methyl sites for hydroxylation is 1. The minimum Gasteiger partial charge on any atom is -0.371 e. The predicted octanol–water partition coefficient (Wildman–Crippen LogP) is 5.17. The van der Waals surface area contributed by atoms with Gasteiger partial charge in [-0.15, -0.1) is 0 Å². The number of halogens is 4. The van der Waals surface area contributed by atoms with Crippen LogP contribution in [-0.2, 0) is 12.6 Å². The summed E-state index contributed by atoms with van der Waals surface area (Å²) in [5.74, 6) is 1.05. The van der Waals surface area contributed by atoms with E-state index >= 15 is 0 Å². The fourth-order valence-electron chi connectivity index (χ4n) is 4.93. The summed E-state index contributed by atoms with van der Waals surface area (Å²) < 4.78 is 39.3. The number of fused-ring (bicyclic) bond motifs is 2. The smallest absolute Gasteiger partial charge is 0.371 e. The molecule has 3 aliphatic rings. The monoisotopic (exact) mass is 407 g/mol. The lowest BCUT2D eigenvalue weighted by Gasteiger charge is -2.42. The van der Waals surface area contributed by atoms with Crippen LogP contribution in [0.1, 0.15) is 29.0 Å². The van der Waals surface area contributed by atoms with E-state index in [1.807, 2.05) is 0 Å². The second-order valence-corrected chi connectivity index (χ2v) is 8.37. The standard InChI is InChI=1S/C21H21ClF3N3/c22-18-4-3-14(21(23,24)25)7-19(18)27-15-6-12-2-1-5-28-11-13-9-26-10-17(13)16(8-15)20(12)28/h3-4,6-8,13,17,26-27H,1-2,5,9-11H2. The molecule has 0 amide bonds. The third kappa shape index (κ3) is 3.03. The number of nitrogens with one attached hydrogen (secondary N) is 2. The van der Waals surface area contributed by atoms with Crippen molar-refractivity contribution in [2.24, 2.45) is 5.92 Å². The van der Waals surface area contributed by atoms with Crippen molar-refractivity contribution in [1.29, 1.82) is 0 Å². The Kier molecular flexibility index (Phi) is 4.25. The summed E-state index contributed by atoms with van der Waals surface area (Å²) in [6.45, 7) is 4.14. The van der Waals surface area contributed by atoms with E-state index in [0.29, 0.717) is 11.8 Å². The molecule has 0 radical (unpaired) electrons. The molecule has 0 aliphatic carbocycles. The highest BCUT2D eigenvalue weighted by Crippen LogP contribution is 2.46. The number of hydrogen-bond acceptors (Lipinski definition) is 3. The Bertz CT molecular complexity index is 928. The third-order valence-electron chi connectivity index (χ3n) is 6.18. The molecule has 2 unspecified atom stereocenters. The first-order valence-corrected chi connectivity index (χ1v) is 10.0. The Morgan fingerprint density at radius 1 is 1.14 bits per heavy atom. The van der Waals surface area contributed by atoms with E-state index in [-0.39, 0.29) is 10.7 Å². The Morgan fingerprint density at radius 3 is 2.82 bits per heavy atom. The van der Waals surface area contributed by atoms with Gasteiger partial charge in [0.2, 0.25) is 0 Å². The maximum absolute atomic E-state index is 13.1. The molecule has 148 valence electrons. The zero-order valence-corrected chi connectivity index (χ0v) is 16.0. The second kappa shape index (κ2) is 6.56. The van der Waals surface area contributed by atoms with Crippen molar-refractivity contribution in [3.05, 3.63) is 52.0 Å². The fraction of sp³-hybridized carbons (Fsp3) is 0.429. The zero-order valence-electron chi connectivity index (χ0n) is 15.2. The van der Waals surface area contributed by atoms with Gasteiger partial charge in [0.25, 0.3) is 0 Å². The summed E-state index contributed by atoms with van der Waals surface area (Å²) >= 11 is 6.19. The van der Waals surface area contributed by atoms with Gasteiger partial charge in [-0.3, -0.25) is 0 Å². The fourth-order valence-corrected chi connectivity index (χ4v) is 5.09. The number of rotatable bonds is 2. The van der Waals surface area contributed by atoms with Crippen molar-refractivity contribution in [3.8, 4) is 0 Å². The molecule has 3 aliphatic heterocycles. The van der Waals surface area contributed by atoms with Crippen molar-refractivity contribution >= 4 is 28.7 Å². The van der Waals surface area contributed by atoms with Crippen LogP contribution in [0.3, 0.4) is 0 Å². The van der Waals surface area contributed by atoms with Gasteiger partial charge in [0.05, 0.1) is 16.3 Å². The first kappa shape index (κ1) is 18.1. The molecule has 0 spiro atoms. The van der Waals surface area contributed by atoms with Crippen LogP contribution in [0.25, 0.3) is 0 Å². The van der Waals surface area contributed by atoms with Crippen molar-refractivity contribution < 1.29 is 13.2 Å². The van der Waals surface area contributed by atoms with Crippen LogP contribution in [0.15, 0.2) is 30.3 Å². The summed E-state index contributed by atoms with van der Waals surface area (Å²) in [5.41, 5.74) is 4.32. The maximum atomic E-state index is 13.1. The van der Waals surface area contributed by atoms with Crippen LogP contribution >= 0.6 is 11.6 Å². The quantitative estimate of drug-likeness (QED) is 0.719. The van der Waals surface area contributed by atoms with Gasteiger partial charge < -0.3 is 15.5 Å². The molecule has 28 heavy (non-hydrogen) atoms. The lowest BCUT2D eigenvalue weighted by atomic mass is 9.80. The predicted molar refractivity (Wildman–Crippen MR) is 106 cm³/mol. The van der Waals surface area contributed by atoms with Gasteiger partial charge in [-0.1, -0.05) is 11.6 Å². The molecule has 1 saturated heterocycles. The Hall–Kier alpha value is -1.92. The molecule has 7 heteroatoms. The average Bonchev–Trinajstić information content (AvgIpc) is 3.11. The van der Waals surface area contributed by atoms with E-state index in [2.05, 4.69) is 27.7 Å². The zero-order chi connectivity index (χ0) is 19.5. The summed E-state index contributed by atoms with van der Waals surface area (Å²) in [4.78, 5) is 2.49. The molecule has 2 aromatic carbocycles. The number of alkyl halides is 3. The van der Waals surface area contributed by atoms with E-state index in [9.17, 15) is 13.2 Å². The van der Waals surface area contributed by atoms with Gasteiger partial charge >= 0.3 is 6.18 Å². The van der Waals surface area contributed by atoms with E-state index < -0.39 is 11.7 Å². The summed E-state index contributed by atoms with van der Waals surface area (Å²) in [5, 5.41) is 6.94. The minimum atomic E-state index is -4.40. The summed E-state index contributed by atoms with van der Waals surface area (Å²) in [6, 6.07) is 7.58. The second-order valence-electron chi connectivity index (χ2n) is 7.96. The number of benzene rings is 2. The first-order valence-electron chi connectivity index (χ1n) is 9.66. The molecule has 3 heterocycles. The van der Waals surface area contributed by atoms with Gasteiger partial charge in [0.15, 0.2) is 0 Å². The molecule has 0 bridgehead atoms. The van der Waals surface area contributed by atoms with Crippen LogP contribution in [0.4, 0.5) is 30.2 Å². The van der Waals surface area contributed by atoms with Crippen LogP contribution in [0, 0.1) is 5.92 Å². The van der Waals surface area contributed by atoms with Gasteiger partial charge in [-0.25, -0.2) is 0 Å². The van der Waals surface area contributed by atoms with Crippen LogP contribution in [-0.4, -0.2) is 26.2 Å². The summed E-state index contributed by atoms with van der Waals surface area (Å²) in [7, 11) is 0. The Balaban J connectivity index is 1.55. The largest absolute Gasteiger partial charge is 0.416 e. The lowest BCUT2D eigenvalue weighted by Crippen LogP contribution is -2.41. The van der Waals surface area contributed by atoms with Gasteiger partial charge in [-0.05, 0) is 60.2 Å². The molecule has 1 fully saturated rings. The molecule has 2 atom stereocenters. The maximum Gasteiger partial charge on any atom is 0.416 e. The van der Waals surface area contributed by atoms with Crippen LogP contribution < -0.4 is 15.5 Å². The molecular formula is C21H21ClF3N3. The van der Waals surface area contributed by atoms with Gasteiger partial charge in [-0.2, -0.15) is 13.2 Å². The number of anilines is 3. The molecular weight excluding hydrogens is 387 g/mol. The highest BCUT2D eigenvalue weighted by molar-refractivity contribution is 6.33. The van der Waals surface area contributed by atoms with E-state index in [1.54, 1.807) is 0 Å². The topological polar surface area (TPSA) is 27.3 Å². The van der Waals surface area contributed by atoms with Gasteiger partial charge in [0.1, 0.15) is 0 Å². The van der Waals surface area contributed by atoms with Crippen LogP contribution in [0.2, 0.25) is 5.02 Å². The molecule has 2 N–H and O–H groups in total. The van der Waals surface area contributed by atoms with E-state index in [0.717, 1.165) is 56.8 Å². The SMILES string of the molecule is FC(F)(F)c1ccc(Cl)c(Nc2cc3c4c(c2)C2CNCC2CN4CCC3)c1. The normalized spacial score (nSPS) is 23.4. The van der Waals surface area contributed by atoms with E-state index in [4.69, 9.17) is 11.6 Å². The van der Waals surface area contributed by atoms with Crippen LogP contribution in [0.5, 0.6) is 0 Å². The van der Waals surface area contributed by atoms with Crippen molar-refractivity contribution in [2.75, 3.05) is 36.4 Å².